The largest absolute Gasteiger partial charge is 0.323 e. The average Bonchev–Trinajstić information content (AvgIpc) is 2.59. The molecule has 1 heterocycles. The summed E-state index contributed by atoms with van der Waals surface area (Å²) in [5.74, 6) is -0.627. The second-order valence-electron chi connectivity index (χ2n) is 4.07. The van der Waals surface area contributed by atoms with Crippen LogP contribution in [-0.2, 0) is 16.0 Å². The molecular formula is C12H12FNO2. The van der Waals surface area contributed by atoms with Crippen LogP contribution in [0.4, 0.5) is 10.1 Å². The molecule has 0 radical (unpaired) electrons. The van der Waals surface area contributed by atoms with Crippen LogP contribution in [0.15, 0.2) is 12.1 Å². The molecule has 16 heavy (non-hydrogen) atoms. The molecule has 0 bridgehead atoms. The van der Waals surface area contributed by atoms with Crippen molar-refractivity contribution in [3.8, 4) is 0 Å². The van der Waals surface area contributed by atoms with Crippen molar-refractivity contribution in [1.29, 1.82) is 0 Å². The zero-order valence-corrected chi connectivity index (χ0v) is 8.92. The third-order valence-corrected chi connectivity index (χ3v) is 2.83. The summed E-state index contributed by atoms with van der Waals surface area (Å²) < 4.78 is 13.6. The second-order valence-corrected chi connectivity index (χ2v) is 4.07. The fourth-order valence-corrected chi connectivity index (χ4v) is 1.89. The maximum absolute atomic E-state index is 13.6. The van der Waals surface area contributed by atoms with Crippen LogP contribution in [0.25, 0.3) is 0 Å². The number of fused-ring (bicyclic) bond motifs is 1. The number of rotatable bonds is 3. The summed E-state index contributed by atoms with van der Waals surface area (Å²) in [6.07, 6.45) is 1.40. The summed E-state index contributed by atoms with van der Waals surface area (Å²) in [7, 11) is 0. The van der Waals surface area contributed by atoms with Gasteiger partial charge in [-0.3, -0.25) is 4.79 Å². The number of carbonyl (C=O) groups excluding carboxylic acids is 2. The molecule has 0 fully saturated rings. The molecule has 1 amide bonds. The van der Waals surface area contributed by atoms with Crippen LogP contribution in [0.5, 0.6) is 0 Å². The minimum absolute atomic E-state index is 0.0204. The molecule has 1 aliphatic rings. The lowest BCUT2D eigenvalue weighted by atomic mass is 9.95. The monoisotopic (exact) mass is 221 g/mol. The van der Waals surface area contributed by atoms with Gasteiger partial charge in [-0.25, -0.2) is 4.39 Å². The van der Waals surface area contributed by atoms with Crippen LogP contribution < -0.4 is 5.32 Å². The molecule has 0 saturated carbocycles. The first-order valence-electron chi connectivity index (χ1n) is 5.17. The van der Waals surface area contributed by atoms with Gasteiger partial charge >= 0.3 is 0 Å². The number of benzene rings is 1. The molecule has 0 saturated heterocycles. The highest BCUT2D eigenvalue weighted by atomic mass is 19.1. The minimum Gasteiger partial charge on any atom is -0.323 e. The van der Waals surface area contributed by atoms with E-state index in [9.17, 15) is 14.0 Å². The van der Waals surface area contributed by atoms with E-state index < -0.39 is 5.82 Å². The van der Waals surface area contributed by atoms with Gasteiger partial charge in [0.25, 0.3) is 0 Å². The molecule has 1 unspecified atom stereocenters. The Hall–Kier alpha value is -1.71. The number of carbonyl (C=O) groups is 2. The van der Waals surface area contributed by atoms with Gasteiger partial charge in [0.2, 0.25) is 5.91 Å². The van der Waals surface area contributed by atoms with Gasteiger partial charge in [0.05, 0.1) is 12.1 Å². The van der Waals surface area contributed by atoms with Gasteiger partial charge in [-0.1, -0.05) is 13.0 Å². The quantitative estimate of drug-likeness (QED) is 0.793. The molecule has 1 aliphatic heterocycles. The number of nitrogens with one attached hydrogen (secondary N) is 1. The van der Waals surface area contributed by atoms with E-state index in [-0.39, 0.29) is 23.9 Å². The van der Waals surface area contributed by atoms with Crippen molar-refractivity contribution in [1.82, 2.24) is 0 Å². The SMILES string of the molecule is CC(CC=O)c1cc(F)c2c(c1)CC(=O)N2. The highest BCUT2D eigenvalue weighted by Crippen LogP contribution is 2.30. The molecule has 1 aromatic rings. The Bertz CT molecular complexity index is 457. The maximum Gasteiger partial charge on any atom is 0.228 e. The molecule has 1 N–H and O–H groups in total. The van der Waals surface area contributed by atoms with Crippen LogP contribution in [0.2, 0.25) is 0 Å². The van der Waals surface area contributed by atoms with Crippen LogP contribution in [0.3, 0.4) is 0 Å². The third-order valence-electron chi connectivity index (χ3n) is 2.83. The molecule has 3 nitrogen and oxygen atoms in total. The predicted octanol–water partition coefficient (Wildman–Crippen LogP) is 2.01. The minimum atomic E-state index is -0.420. The van der Waals surface area contributed by atoms with Crippen LogP contribution in [0, 0.1) is 5.82 Å². The van der Waals surface area contributed by atoms with Crippen molar-refractivity contribution >= 4 is 17.9 Å². The number of aldehydes is 1. The second kappa shape index (κ2) is 4.04. The normalized spacial score (nSPS) is 15.5. The van der Waals surface area contributed by atoms with Gasteiger partial charge in [0.1, 0.15) is 12.1 Å². The predicted molar refractivity (Wildman–Crippen MR) is 57.8 cm³/mol. The standard InChI is InChI=1S/C12H12FNO2/c1-7(2-3-15)8-4-9-6-11(16)14-12(9)10(13)5-8/h3-5,7H,2,6H2,1H3,(H,14,16). The summed E-state index contributed by atoms with van der Waals surface area (Å²) in [5, 5.41) is 2.48. The summed E-state index contributed by atoms with van der Waals surface area (Å²) in [4.78, 5) is 21.5. The Kier molecular flexibility index (Phi) is 2.73. The van der Waals surface area contributed by atoms with Crippen molar-refractivity contribution in [2.24, 2.45) is 0 Å². The molecular weight excluding hydrogens is 209 g/mol. The van der Waals surface area contributed by atoms with Crippen LogP contribution >= 0.6 is 0 Å². The highest BCUT2D eigenvalue weighted by Gasteiger charge is 2.22. The first-order valence-corrected chi connectivity index (χ1v) is 5.17. The van der Waals surface area contributed by atoms with E-state index in [4.69, 9.17) is 0 Å². The lowest BCUT2D eigenvalue weighted by molar-refractivity contribution is -0.115. The average molecular weight is 221 g/mol. The number of anilines is 1. The lowest BCUT2D eigenvalue weighted by Crippen LogP contribution is -2.04. The number of halogens is 1. The van der Waals surface area contributed by atoms with Crippen molar-refractivity contribution in [2.75, 3.05) is 5.32 Å². The van der Waals surface area contributed by atoms with Gasteiger partial charge in [-0.05, 0) is 23.1 Å². The summed E-state index contributed by atoms with van der Waals surface area (Å²) in [6, 6.07) is 3.18. The molecule has 0 aliphatic carbocycles. The van der Waals surface area contributed by atoms with Crippen LogP contribution in [-0.4, -0.2) is 12.2 Å². The molecule has 1 atom stereocenters. The van der Waals surface area contributed by atoms with Crippen molar-refractivity contribution in [3.05, 3.63) is 29.1 Å². The molecule has 4 heteroatoms. The zero-order valence-electron chi connectivity index (χ0n) is 8.92. The molecule has 0 spiro atoms. The van der Waals surface area contributed by atoms with E-state index in [1.807, 2.05) is 6.92 Å². The Morgan fingerprint density at radius 2 is 2.31 bits per heavy atom. The summed E-state index contributed by atoms with van der Waals surface area (Å²) in [6.45, 7) is 1.86. The van der Waals surface area contributed by atoms with E-state index in [0.717, 1.165) is 11.8 Å². The van der Waals surface area contributed by atoms with E-state index in [2.05, 4.69) is 5.32 Å². The lowest BCUT2D eigenvalue weighted by Gasteiger charge is -2.10. The fourth-order valence-electron chi connectivity index (χ4n) is 1.89. The zero-order chi connectivity index (χ0) is 11.7. The topological polar surface area (TPSA) is 46.2 Å². The maximum atomic E-state index is 13.6. The van der Waals surface area contributed by atoms with Gasteiger partial charge in [0, 0.05) is 6.42 Å². The molecule has 2 rings (SSSR count). The number of amides is 1. The van der Waals surface area contributed by atoms with Crippen molar-refractivity contribution < 1.29 is 14.0 Å². The molecule has 84 valence electrons. The van der Waals surface area contributed by atoms with Crippen molar-refractivity contribution in [2.45, 2.75) is 25.7 Å². The Balaban J connectivity index is 2.37. The Morgan fingerprint density at radius 3 is 3.00 bits per heavy atom. The molecule has 0 aromatic heterocycles. The first-order chi connectivity index (χ1) is 7.61. The summed E-state index contributed by atoms with van der Waals surface area (Å²) in [5.41, 5.74) is 1.73. The van der Waals surface area contributed by atoms with Gasteiger partial charge < -0.3 is 10.1 Å². The summed E-state index contributed by atoms with van der Waals surface area (Å²) >= 11 is 0. The third kappa shape index (κ3) is 1.83. The van der Waals surface area contributed by atoms with Gasteiger partial charge in [-0.2, -0.15) is 0 Å². The van der Waals surface area contributed by atoms with Crippen molar-refractivity contribution in [3.63, 3.8) is 0 Å². The number of hydrogen-bond acceptors (Lipinski definition) is 2. The van der Waals surface area contributed by atoms with Crippen LogP contribution in [0.1, 0.15) is 30.4 Å². The van der Waals surface area contributed by atoms with E-state index in [1.54, 1.807) is 6.07 Å². The molecule has 1 aromatic carbocycles. The van der Waals surface area contributed by atoms with Gasteiger partial charge in [0.15, 0.2) is 0 Å². The van der Waals surface area contributed by atoms with E-state index in [1.165, 1.54) is 6.07 Å². The first kappa shape index (κ1) is 10.8. The fraction of sp³-hybridized carbons (Fsp3) is 0.333. The van der Waals surface area contributed by atoms with E-state index >= 15 is 0 Å². The smallest absolute Gasteiger partial charge is 0.228 e. The highest BCUT2D eigenvalue weighted by molar-refractivity contribution is 5.99. The Labute approximate surface area is 92.7 Å². The Morgan fingerprint density at radius 1 is 1.56 bits per heavy atom. The van der Waals surface area contributed by atoms with Gasteiger partial charge in [-0.15, -0.1) is 0 Å². The number of hydrogen-bond donors (Lipinski definition) is 1. The van der Waals surface area contributed by atoms with E-state index in [0.29, 0.717) is 12.0 Å².